The maximum absolute atomic E-state index is 6.30. The molecule has 8 heteroatoms. The lowest BCUT2D eigenvalue weighted by molar-refractivity contribution is 0.644. The molecule has 0 radical (unpaired) electrons. The second kappa shape index (κ2) is 7.10. The number of aromatic amines is 1. The number of hydrogen-bond acceptors (Lipinski definition) is 6. The zero-order valence-electron chi connectivity index (χ0n) is 15.0. The molecule has 3 heterocycles. The molecule has 0 bridgehead atoms. The number of nitrogens with zero attached hydrogens (tertiary/aromatic N) is 3. The molecule has 7 nitrogen and oxygen atoms in total. The molecule has 0 atom stereocenters. The van der Waals surface area contributed by atoms with Gasteiger partial charge in [-0.3, -0.25) is 5.10 Å². The summed E-state index contributed by atoms with van der Waals surface area (Å²) in [6.45, 7) is 1.92. The van der Waals surface area contributed by atoms with Crippen LogP contribution in [0.4, 0.5) is 23.1 Å². The minimum Gasteiger partial charge on any atom is -0.339 e. The first-order valence-electron chi connectivity index (χ1n) is 9.07. The lowest BCUT2D eigenvalue weighted by atomic mass is 10.0. The Balaban J connectivity index is 1.39. The number of hydrogen-bond donors (Lipinski definition) is 4. The molecule has 0 aliphatic carbocycles. The molecule has 28 heavy (non-hydrogen) atoms. The number of nitrogens with one attached hydrogen (secondary N) is 4. The molecule has 2 aromatic carbocycles. The van der Waals surface area contributed by atoms with Crippen molar-refractivity contribution in [3.05, 3.63) is 64.9 Å². The van der Waals surface area contributed by atoms with Crippen molar-refractivity contribution in [1.82, 2.24) is 25.5 Å². The average molecular weight is 392 g/mol. The number of anilines is 4. The van der Waals surface area contributed by atoms with Gasteiger partial charge in [0, 0.05) is 23.3 Å². The third kappa shape index (κ3) is 3.37. The lowest BCUT2D eigenvalue weighted by Crippen LogP contribution is -2.23. The van der Waals surface area contributed by atoms with Gasteiger partial charge in [0.15, 0.2) is 5.82 Å². The van der Waals surface area contributed by atoms with Crippen LogP contribution in [-0.4, -0.2) is 26.7 Å². The molecule has 1 aliphatic heterocycles. The van der Waals surface area contributed by atoms with Crippen molar-refractivity contribution >= 4 is 45.6 Å². The van der Waals surface area contributed by atoms with Gasteiger partial charge in [0.05, 0.1) is 17.9 Å². The summed E-state index contributed by atoms with van der Waals surface area (Å²) < 4.78 is 0. The average Bonchev–Trinajstić information content (AvgIpc) is 3.18. The van der Waals surface area contributed by atoms with E-state index in [0.717, 1.165) is 41.8 Å². The molecule has 140 valence electrons. The Morgan fingerprint density at radius 1 is 0.964 bits per heavy atom. The summed E-state index contributed by atoms with van der Waals surface area (Å²) >= 11 is 6.30. The highest BCUT2D eigenvalue weighted by atomic mass is 35.5. The minimum atomic E-state index is 0.453. The van der Waals surface area contributed by atoms with Crippen LogP contribution in [0.15, 0.2) is 48.8 Å². The Labute approximate surface area is 166 Å². The Bertz CT molecular complexity index is 1150. The van der Waals surface area contributed by atoms with Gasteiger partial charge in [-0.2, -0.15) is 10.1 Å². The first-order chi connectivity index (χ1) is 13.7. The van der Waals surface area contributed by atoms with Crippen molar-refractivity contribution in [2.24, 2.45) is 0 Å². The maximum Gasteiger partial charge on any atom is 0.229 e. The number of fused-ring (bicyclic) bond motifs is 2. The van der Waals surface area contributed by atoms with E-state index in [0.29, 0.717) is 16.8 Å². The van der Waals surface area contributed by atoms with E-state index in [1.54, 1.807) is 12.4 Å². The number of aromatic nitrogens is 4. The monoisotopic (exact) mass is 391 g/mol. The molecule has 4 aromatic rings. The lowest BCUT2D eigenvalue weighted by Gasteiger charge is -2.18. The van der Waals surface area contributed by atoms with Crippen molar-refractivity contribution in [3.63, 3.8) is 0 Å². The standard InChI is InChI=1S/C20H18ClN7/c21-17-11-23-20(26-16-2-1-13-9-22-6-5-12(13)7-16)27-19(17)25-15-3-4-18-14(8-15)10-24-28-18/h1-4,7-8,10-11,22H,5-6,9H2,(H,24,28)(H2,23,25,26,27). The zero-order chi connectivity index (χ0) is 18.9. The molecule has 0 spiro atoms. The van der Waals surface area contributed by atoms with Crippen LogP contribution in [0, 0.1) is 0 Å². The van der Waals surface area contributed by atoms with Crippen LogP contribution in [-0.2, 0) is 13.0 Å². The van der Waals surface area contributed by atoms with Crippen LogP contribution < -0.4 is 16.0 Å². The van der Waals surface area contributed by atoms with Crippen LogP contribution in [0.2, 0.25) is 5.02 Å². The molecule has 2 aromatic heterocycles. The fourth-order valence-electron chi connectivity index (χ4n) is 3.36. The minimum absolute atomic E-state index is 0.453. The van der Waals surface area contributed by atoms with Gasteiger partial charge in [-0.05, 0) is 54.4 Å². The highest BCUT2D eigenvalue weighted by Gasteiger charge is 2.11. The number of halogens is 1. The second-order valence-corrected chi connectivity index (χ2v) is 7.13. The van der Waals surface area contributed by atoms with Gasteiger partial charge in [-0.25, -0.2) is 4.98 Å². The molecule has 0 saturated heterocycles. The van der Waals surface area contributed by atoms with Gasteiger partial charge in [0.1, 0.15) is 5.02 Å². The van der Waals surface area contributed by atoms with Crippen molar-refractivity contribution < 1.29 is 0 Å². The largest absolute Gasteiger partial charge is 0.339 e. The third-order valence-corrected chi connectivity index (χ3v) is 5.07. The molecule has 1 aliphatic rings. The molecule has 4 N–H and O–H groups in total. The van der Waals surface area contributed by atoms with Crippen molar-refractivity contribution in [2.45, 2.75) is 13.0 Å². The highest BCUT2D eigenvalue weighted by Crippen LogP contribution is 2.27. The summed E-state index contributed by atoms with van der Waals surface area (Å²) in [5.74, 6) is 1.04. The van der Waals surface area contributed by atoms with Crippen LogP contribution in [0.3, 0.4) is 0 Å². The first kappa shape index (κ1) is 17.0. The number of H-pyrrole nitrogens is 1. The predicted molar refractivity (Wildman–Crippen MR) is 112 cm³/mol. The Morgan fingerprint density at radius 2 is 1.86 bits per heavy atom. The van der Waals surface area contributed by atoms with E-state index in [1.165, 1.54) is 11.1 Å². The predicted octanol–water partition coefficient (Wildman–Crippen LogP) is 4.14. The van der Waals surface area contributed by atoms with E-state index in [2.05, 4.69) is 48.2 Å². The molecule has 0 saturated carbocycles. The summed E-state index contributed by atoms with van der Waals surface area (Å²) in [6.07, 6.45) is 4.40. The molecule has 0 unspecified atom stereocenters. The van der Waals surface area contributed by atoms with Gasteiger partial charge in [-0.1, -0.05) is 17.7 Å². The van der Waals surface area contributed by atoms with E-state index in [-0.39, 0.29) is 0 Å². The molecule has 0 fully saturated rings. The SMILES string of the molecule is Clc1cnc(Nc2ccc3c(c2)CCNC3)nc1Nc1ccc2[nH]ncc2c1. The number of benzene rings is 2. The fourth-order valence-corrected chi connectivity index (χ4v) is 3.49. The zero-order valence-corrected chi connectivity index (χ0v) is 15.7. The summed E-state index contributed by atoms with van der Waals surface area (Å²) in [5, 5.41) is 18.4. The molecular formula is C20H18ClN7. The van der Waals surface area contributed by atoms with Crippen molar-refractivity contribution in [1.29, 1.82) is 0 Å². The smallest absolute Gasteiger partial charge is 0.229 e. The molecular weight excluding hydrogens is 374 g/mol. The van der Waals surface area contributed by atoms with Crippen LogP contribution >= 0.6 is 11.6 Å². The first-order valence-corrected chi connectivity index (χ1v) is 9.45. The molecule has 0 amide bonds. The van der Waals surface area contributed by atoms with E-state index in [9.17, 15) is 0 Å². The van der Waals surface area contributed by atoms with Crippen LogP contribution in [0.25, 0.3) is 10.9 Å². The fraction of sp³-hybridized carbons (Fsp3) is 0.150. The number of rotatable bonds is 4. The third-order valence-electron chi connectivity index (χ3n) is 4.80. The van der Waals surface area contributed by atoms with E-state index in [4.69, 9.17) is 11.6 Å². The van der Waals surface area contributed by atoms with E-state index in [1.807, 2.05) is 24.3 Å². The topological polar surface area (TPSA) is 90.5 Å². The van der Waals surface area contributed by atoms with Gasteiger partial charge in [0.25, 0.3) is 0 Å². The van der Waals surface area contributed by atoms with Crippen molar-refractivity contribution in [3.8, 4) is 0 Å². The quantitative estimate of drug-likeness (QED) is 0.418. The highest BCUT2D eigenvalue weighted by molar-refractivity contribution is 6.32. The second-order valence-electron chi connectivity index (χ2n) is 6.72. The Kier molecular flexibility index (Phi) is 4.31. The summed E-state index contributed by atoms with van der Waals surface area (Å²) in [4.78, 5) is 8.85. The van der Waals surface area contributed by atoms with Gasteiger partial charge in [-0.15, -0.1) is 0 Å². The Hall–Kier alpha value is -3.16. The van der Waals surface area contributed by atoms with E-state index < -0.39 is 0 Å². The summed E-state index contributed by atoms with van der Waals surface area (Å²) in [7, 11) is 0. The van der Waals surface area contributed by atoms with E-state index >= 15 is 0 Å². The summed E-state index contributed by atoms with van der Waals surface area (Å²) in [5.41, 5.74) is 5.51. The van der Waals surface area contributed by atoms with Gasteiger partial charge < -0.3 is 16.0 Å². The van der Waals surface area contributed by atoms with Gasteiger partial charge >= 0.3 is 0 Å². The molecule has 5 rings (SSSR count). The Morgan fingerprint density at radius 3 is 2.82 bits per heavy atom. The van der Waals surface area contributed by atoms with Crippen LogP contribution in [0.1, 0.15) is 11.1 Å². The van der Waals surface area contributed by atoms with Gasteiger partial charge in [0.2, 0.25) is 5.95 Å². The van der Waals surface area contributed by atoms with Crippen LogP contribution in [0.5, 0.6) is 0 Å². The summed E-state index contributed by atoms with van der Waals surface area (Å²) in [6, 6.07) is 12.2. The van der Waals surface area contributed by atoms with Crippen molar-refractivity contribution in [2.75, 3.05) is 17.2 Å². The normalized spacial score (nSPS) is 13.3. The maximum atomic E-state index is 6.30.